The first-order chi connectivity index (χ1) is 14.7. The number of amides is 2. The van der Waals surface area contributed by atoms with E-state index in [-0.39, 0.29) is 18.4 Å². The van der Waals surface area contributed by atoms with Crippen molar-refractivity contribution in [2.75, 3.05) is 4.90 Å². The van der Waals surface area contributed by atoms with Gasteiger partial charge < -0.3 is 5.32 Å². The molecule has 3 aromatic rings. The standard InChI is InChI=1S/C25H28N4O2/c1-16-6-8-20(9-7-16)14-26-24(31)25(5)15-28-22(13-19(4)27-28)23(30)29(25)21-11-17(2)10-18(3)12-21/h6-13H,14-15H2,1-5H3,(H,26,31)/t25-/m1/s1. The molecule has 0 aliphatic carbocycles. The van der Waals surface area contributed by atoms with Gasteiger partial charge in [-0.05, 0) is 69.5 Å². The summed E-state index contributed by atoms with van der Waals surface area (Å²) in [6, 6.07) is 15.8. The lowest BCUT2D eigenvalue weighted by Crippen LogP contribution is -2.64. The number of nitrogens with zero attached hydrogens (tertiary/aromatic N) is 3. The zero-order valence-electron chi connectivity index (χ0n) is 18.7. The molecule has 1 N–H and O–H groups in total. The molecule has 6 heteroatoms. The fourth-order valence-corrected chi connectivity index (χ4v) is 4.27. The van der Waals surface area contributed by atoms with Crippen molar-refractivity contribution in [3.05, 3.63) is 82.2 Å². The summed E-state index contributed by atoms with van der Waals surface area (Å²) in [7, 11) is 0. The number of aryl methyl sites for hydroxylation is 4. The largest absolute Gasteiger partial charge is 0.350 e. The molecule has 0 radical (unpaired) electrons. The quantitative estimate of drug-likeness (QED) is 0.702. The van der Waals surface area contributed by atoms with Crippen LogP contribution in [0.25, 0.3) is 0 Å². The lowest BCUT2D eigenvalue weighted by molar-refractivity contribution is -0.126. The van der Waals surface area contributed by atoms with Gasteiger partial charge in [0.1, 0.15) is 11.2 Å². The number of nitrogens with one attached hydrogen (secondary N) is 1. The fourth-order valence-electron chi connectivity index (χ4n) is 4.27. The van der Waals surface area contributed by atoms with Crippen LogP contribution in [-0.2, 0) is 17.9 Å². The summed E-state index contributed by atoms with van der Waals surface area (Å²) in [6.45, 7) is 10.4. The lowest BCUT2D eigenvalue weighted by atomic mass is 9.93. The number of anilines is 1. The minimum absolute atomic E-state index is 0.209. The number of aromatic nitrogens is 2. The van der Waals surface area contributed by atoms with Gasteiger partial charge >= 0.3 is 0 Å². The second kappa shape index (κ2) is 7.69. The van der Waals surface area contributed by atoms with Gasteiger partial charge in [-0.15, -0.1) is 0 Å². The monoisotopic (exact) mass is 416 g/mol. The van der Waals surface area contributed by atoms with E-state index in [2.05, 4.69) is 16.5 Å². The molecular formula is C25H28N4O2. The maximum absolute atomic E-state index is 13.6. The van der Waals surface area contributed by atoms with Gasteiger partial charge in [-0.3, -0.25) is 19.2 Å². The highest BCUT2D eigenvalue weighted by atomic mass is 16.2. The van der Waals surface area contributed by atoms with E-state index in [1.807, 2.05) is 71.0 Å². The second-order valence-corrected chi connectivity index (χ2v) is 8.76. The highest BCUT2D eigenvalue weighted by Crippen LogP contribution is 2.34. The molecule has 2 heterocycles. The van der Waals surface area contributed by atoms with Gasteiger partial charge in [0.25, 0.3) is 5.91 Å². The molecule has 31 heavy (non-hydrogen) atoms. The van der Waals surface area contributed by atoms with Gasteiger partial charge in [0.2, 0.25) is 5.91 Å². The molecule has 2 amide bonds. The Morgan fingerprint density at radius 2 is 1.65 bits per heavy atom. The van der Waals surface area contributed by atoms with Crippen LogP contribution in [0.2, 0.25) is 0 Å². The Morgan fingerprint density at radius 1 is 1.00 bits per heavy atom. The van der Waals surface area contributed by atoms with Crippen molar-refractivity contribution < 1.29 is 9.59 Å². The average molecular weight is 417 g/mol. The van der Waals surface area contributed by atoms with E-state index < -0.39 is 5.54 Å². The number of hydrogen-bond donors (Lipinski definition) is 1. The molecule has 6 nitrogen and oxygen atoms in total. The Hall–Kier alpha value is -3.41. The van der Waals surface area contributed by atoms with E-state index in [1.165, 1.54) is 5.56 Å². The van der Waals surface area contributed by atoms with Crippen LogP contribution < -0.4 is 10.2 Å². The topological polar surface area (TPSA) is 67.2 Å². The number of carbonyl (C=O) groups excluding carboxylic acids is 2. The lowest BCUT2D eigenvalue weighted by Gasteiger charge is -2.43. The third kappa shape index (κ3) is 3.85. The normalized spacial score (nSPS) is 18.1. The maximum atomic E-state index is 13.6. The van der Waals surface area contributed by atoms with Gasteiger partial charge in [0.05, 0.1) is 12.2 Å². The third-order valence-electron chi connectivity index (χ3n) is 5.80. The van der Waals surface area contributed by atoms with Crippen molar-refractivity contribution in [3.8, 4) is 0 Å². The predicted molar refractivity (Wildman–Crippen MR) is 121 cm³/mol. The highest BCUT2D eigenvalue weighted by molar-refractivity contribution is 6.11. The van der Waals surface area contributed by atoms with Gasteiger partial charge in [-0.1, -0.05) is 35.9 Å². The molecular weight excluding hydrogens is 388 g/mol. The van der Waals surface area contributed by atoms with E-state index in [1.54, 1.807) is 15.6 Å². The summed E-state index contributed by atoms with van der Waals surface area (Å²) in [5, 5.41) is 7.50. The van der Waals surface area contributed by atoms with Crippen LogP contribution >= 0.6 is 0 Å². The first-order valence-electron chi connectivity index (χ1n) is 10.5. The van der Waals surface area contributed by atoms with E-state index in [9.17, 15) is 9.59 Å². The number of hydrogen-bond acceptors (Lipinski definition) is 3. The number of carbonyl (C=O) groups is 2. The van der Waals surface area contributed by atoms with Crippen LogP contribution in [0.15, 0.2) is 48.5 Å². The predicted octanol–water partition coefficient (Wildman–Crippen LogP) is 3.85. The summed E-state index contributed by atoms with van der Waals surface area (Å²) in [5.41, 5.74) is 5.13. The zero-order chi connectivity index (χ0) is 22.3. The van der Waals surface area contributed by atoms with Crippen LogP contribution in [0.3, 0.4) is 0 Å². The molecule has 0 fully saturated rings. The number of fused-ring (bicyclic) bond motifs is 1. The Bertz CT molecular complexity index is 1140. The smallest absolute Gasteiger partial charge is 0.277 e. The Kier molecular flexibility index (Phi) is 5.17. The molecule has 0 unspecified atom stereocenters. The van der Waals surface area contributed by atoms with E-state index >= 15 is 0 Å². The molecule has 0 saturated heterocycles. The maximum Gasteiger partial charge on any atom is 0.277 e. The first kappa shape index (κ1) is 20.8. The fraction of sp³-hybridized carbons (Fsp3) is 0.320. The summed E-state index contributed by atoms with van der Waals surface area (Å²) in [6.07, 6.45) is 0. The molecule has 0 spiro atoms. The third-order valence-corrected chi connectivity index (χ3v) is 5.80. The molecule has 1 aromatic heterocycles. The molecule has 160 valence electrons. The number of rotatable bonds is 4. The van der Waals surface area contributed by atoms with Crippen LogP contribution in [0.1, 0.15) is 45.4 Å². The average Bonchev–Trinajstić information content (AvgIpc) is 3.06. The molecule has 0 bridgehead atoms. The SMILES string of the molecule is Cc1ccc(CNC(=O)[C@@]2(C)Cn3nc(C)cc3C(=O)N2c2cc(C)cc(C)c2)cc1. The number of benzene rings is 2. The van der Waals surface area contributed by atoms with Crippen LogP contribution in [0.4, 0.5) is 5.69 Å². The summed E-state index contributed by atoms with van der Waals surface area (Å²) in [5.74, 6) is -0.427. The summed E-state index contributed by atoms with van der Waals surface area (Å²) >= 11 is 0. The molecule has 1 atom stereocenters. The van der Waals surface area contributed by atoms with Gasteiger partial charge in [-0.2, -0.15) is 5.10 Å². The van der Waals surface area contributed by atoms with E-state index in [0.717, 1.165) is 28.1 Å². The van der Waals surface area contributed by atoms with Crippen LogP contribution in [0, 0.1) is 27.7 Å². The highest BCUT2D eigenvalue weighted by Gasteiger charge is 2.48. The van der Waals surface area contributed by atoms with Crippen LogP contribution in [-0.4, -0.2) is 27.1 Å². The van der Waals surface area contributed by atoms with Gasteiger partial charge in [0, 0.05) is 12.2 Å². The molecule has 4 rings (SSSR count). The summed E-state index contributed by atoms with van der Waals surface area (Å²) < 4.78 is 1.66. The van der Waals surface area contributed by atoms with E-state index in [4.69, 9.17) is 0 Å². The van der Waals surface area contributed by atoms with Crippen LogP contribution in [0.5, 0.6) is 0 Å². The molecule has 2 aromatic carbocycles. The minimum Gasteiger partial charge on any atom is -0.350 e. The zero-order valence-corrected chi connectivity index (χ0v) is 18.7. The van der Waals surface area contributed by atoms with Crippen molar-refractivity contribution >= 4 is 17.5 Å². The van der Waals surface area contributed by atoms with Gasteiger partial charge in [0.15, 0.2) is 0 Å². The molecule has 1 aliphatic heterocycles. The first-order valence-corrected chi connectivity index (χ1v) is 10.5. The van der Waals surface area contributed by atoms with Crippen molar-refractivity contribution in [3.63, 3.8) is 0 Å². The molecule has 0 saturated carbocycles. The van der Waals surface area contributed by atoms with Gasteiger partial charge in [-0.25, -0.2) is 0 Å². The van der Waals surface area contributed by atoms with Crippen molar-refractivity contribution in [1.29, 1.82) is 0 Å². The van der Waals surface area contributed by atoms with Crippen molar-refractivity contribution in [2.24, 2.45) is 0 Å². The Balaban J connectivity index is 1.72. The molecule has 1 aliphatic rings. The Labute approximate surface area is 182 Å². The second-order valence-electron chi connectivity index (χ2n) is 8.76. The summed E-state index contributed by atoms with van der Waals surface area (Å²) in [4.78, 5) is 28.7. The van der Waals surface area contributed by atoms with Crippen molar-refractivity contribution in [2.45, 2.75) is 53.2 Å². The van der Waals surface area contributed by atoms with E-state index in [0.29, 0.717) is 12.2 Å². The van der Waals surface area contributed by atoms with Crippen molar-refractivity contribution in [1.82, 2.24) is 15.1 Å². The Morgan fingerprint density at radius 3 is 2.29 bits per heavy atom. The minimum atomic E-state index is -1.12.